The average molecular weight is 709 g/mol. The van der Waals surface area contributed by atoms with Gasteiger partial charge in [-0.15, -0.1) is 0 Å². The molecule has 6 heteroatoms. The Morgan fingerprint density at radius 1 is 0.380 bits per heavy atom. The summed E-state index contributed by atoms with van der Waals surface area (Å²) in [7, 11) is 0. The van der Waals surface area contributed by atoms with E-state index >= 15 is 0 Å². The molecule has 0 spiro atoms. The molecular weight excluding hydrogens is 624 g/mol. The number of hydrogen-bond donors (Lipinski definition) is 0. The van der Waals surface area contributed by atoms with Crippen LogP contribution in [0.4, 0.5) is 0 Å². The minimum Gasteiger partial charge on any atom is -0.462 e. The highest BCUT2D eigenvalue weighted by Crippen LogP contribution is 2.16. The predicted octanol–water partition coefficient (Wildman–Crippen LogP) is 13.6. The molecule has 0 rings (SSSR count). The first kappa shape index (κ1) is 48.4. The fourth-order valence-corrected chi connectivity index (χ4v) is 6.45. The van der Waals surface area contributed by atoms with E-state index in [4.69, 9.17) is 14.2 Å². The van der Waals surface area contributed by atoms with Crippen molar-refractivity contribution in [1.29, 1.82) is 0 Å². The number of unbranched alkanes of at least 4 members (excludes halogenated alkanes) is 26. The van der Waals surface area contributed by atoms with E-state index < -0.39 is 6.10 Å². The Kier molecular flexibility index (Phi) is 37.4. The maximum atomic E-state index is 12.6. The molecular formula is C44H84O6. The molecule has 0 aliphatic heterocycles. The summed E-state index contributed by atoms with van der Waals surface area (Å²) < 4.78 is 16.6. The zero-order chi connectivity index (χ0) is 36.8. The first-order chi connectivity index (χ1) is 24.4. The van der Waals surface area contributed by atoms with Gasteiger partial charge >= 0.3 is 17.9 Å². The number of ether oxygens (including phenoxy) is 3. The van der Waals surface area contributed by atoms with Crippen molar-refractivity contribution in [3.63, 3.8) is 0 Å². The Hall–Kier alpha value is -1.59. The van der Waals surface area contributed by atoms with Crippen LogP contribution in [0, 0.1) is 5.92 Å². The molecule has 50 heavy (non-hydrogen) atoms. The van der Waals surface area contributed by atoms with Gasteiger partial charge in [-0.05, 0) is 25.2 Å². The van der Waals surface area contributed by atoms with Gasteiger partial charge in [-0.1, -0.05) is 201 Å². The molecule has 0 aromatic rings. The third kappa shape index (κ3) is 37.7. The number of rotatable bonds is 39. The van der Waals surface area contributed by atoms with Gasteiger partial charge in [0.2, 0.25) is 0 Å². The van der Waals surface area contributed by atoms with Gasteiger partial charge in [-0.25, -0.2) is 0 Å². The molecule has 0 fully saturated rings. The summed E-state index contributed by atoms with van der Waals surface area (Å²) in [6.45, 7) is 8.89. The lowest BCUT2D eigenvalue weighted by molar-refractivity contribution is -0.167. The zero-order valence-electron chi connectivity index (χ0n) is 33.9. The number of carbonyl (C=O) groups is 3. The summed E-state index contributed by atoms with van der Waals surface area (Å²) in [5, 5.41) is 0. The van der Waals surface area contributed by atoms with Crippen LogP contribution in [0.2, 0.25) is 0 Å². The summed E-state index contributed by atoms with van der Waals surface area (Å²) in [5.41, 5.74) is 0. The standard InChI is InChI=1S/C44H84O6/c1-5-7-9-11-12-13-14-15-16-17-18-21-25-29-33-37-44(47)50-41(38-48-42(45)35-31-26-10-8-6-2)39-49-43(46)36-32-28-24-22-19-20-23-27-30-34-40(3)4/h40-41H,5-39H2,1-4H3/t41-/m0/s1. The highest BCUT2D eigenvalue weighted by atomic mass is 16.6. The Morgan fingerprint density at radius 2 is 0.660 bits per heavy atom. The van der Waals surface area contributed by atoms with Crippen molar-refractivity contribution in [3.05, 3.63) is 0 Å². The van der Waals surface area contributed by atoms with E-state index in [2.05, 4.69) is 27.7 Å². The van der Waals surface area contributed by atoms with Crippen LogP contribution in [0.5, 0.6) is 0 Å². The topological polar surface area (TPSA) is 78.9 Å². The zero-order valence-corrected chi connectivity index (χ0v) is 33.9. The molecule has 0 saturated heterocycles. The first-order valence-electron chi connectivity index (χ1n) is 21.9. The first-order valence-corrected chi connectivity index (χ1v) is 21.9. The van der Waals surface area contributed by atoms with Crippen LogP contribution in [-0.4, -0.2) is 37.2 Å². The summed E-state index contributed by atoms with van der Waals surface area (Å²) in [6, 6.07) is 0. The molecule has 0 saturated carbocycles. The van der Waals surface area contributed by atoms with Crippen molar-refractivity contribution in [2.45, 2.75) is 246 Å². The molecule has 0 radical (unpaired) electrons. The van der Waals surface area contributed by atoms with Gasteiger partial charge in [0.1, 0.15) is 13.2 Å². The second kappa shape index (κ2) is 38.6. The fourth-order valence-electron chi connectivity index (χ4n) is 6.45. The maximum Gasteiger partial charge on any atom is 0.306 e. The van der Waals surface area contributed by atoms with Gasteiger partial charge in [-0.3, -0.25) is 14.4 Å². The molecule has 0 aromatic carbocycles. The van der Waals surface area contributed by atoms with Gasteiger partial charge in [0, 0.05) is 19.3 Å². The fraction of sp³-hybridized carbons (Fsp3) is 0.932. The Morgan fingerprint density at radius 3 is 0.980 bits per heavy atom. The highest BCUT2D eigenvalue weighted by molar-refractivity contribution is 5.71. The van der Waals surface area contributed by atoms with Crippen LogP contribution in [0.15, 0.2) is 0 Å². The molecule has 0 bridgehead atoms. The second-order valence-corrected chi connectivity index (χ2v) is 15.5. The number of esters is 3. The van der Waals surface area contributed by atoms with E-state index in [0.29, 0.717) is 19.3 Å². The maximum absolute atomic E-state index is 12.6. The van der Waals surface area contributed by atoms with E-state index in [9.17, 15) is 14.4 Å². The lowest BCUT2D eigenvalue weighted by Crippen LogP contribution is -2.30. The highest BCUT2D eigenvalue weighted by Gasteiger charge is 2.19. The number of carbonyl (C=O) groups excluding carboxylic acids is 3. The van der Waals surface area contributed by atoms with Crippen molar-refractivity contribution in [2.24, 2.45) is 5.92 Å². The van der Waals surface area contributed by atoms with Gasteiger partial charge in [0.15, 0.2) is 6.10 Å². The molecule has 0 aromatic heterocycles. The third-order valence-electron chi connectivity index (χ3n) is 9.79. The van der Waals surface area contributed by atoms with E-state index in [0.717, 1.165) is 70.1 Å². The van der Waals surface area contributed by atoms with E-state index in [1.54, 1.807) is 0 Å². The van der Waals surface area contributed by atoms with Gasteiger partial charge in [-0.2, -0.15) is 0 Å². The monoisotopic (exact) mass is 709 g/mol. The smallest absolute Gasteiger partial charge is 0.306 e. The molecule has 0 N–H and O–H groups in total. The van der Waals surface area contributed by atoms with Crippen LogP contribution < -0.4 is 0 Å². The molecule has 0 aliphatic carbocycles. The van der Waals surface area contributed by atoms with Gasteiger partial charge < -0.3 is 14.2 Å². The largest absolute Gasteiger partial charge is 0.462 e. The van der Waals surface area contributed by atoms with Crippen LogP contribution in [0.1, 0.15) is 240 Å². The lowest BCUT2D eigenvalue weighted by Gasteiger charge is -2.18. The van der Waals surface area contributed by atoms with Crippen molar-refractivity contribution in [1.82, 2.24) is 0 Å². The molecule has 0 unspecified atom stereocenters. The third-order valence-corrected chi connectivity index (χ3v) is 9.79. The van der Waals surface area contributed by atoms with E-state index in [1.807, 2.05) is 0 Å². The molecule has 296 valence electrons. The minimum atomic E-state index is -0.757. The summed E-state index contributed by atoms with van der Waals surface area (Å²) in [4.78, 5) is 37.4. The Bertz CT molecular complexity index is 751. The predicted molar refractivity (Wildman–Crippen MR) is 210 cm³/mol. The summed E-state index contributed by atoms with van der Waals surface area (Å²) in [6.07, 6.45) is 36.9. The summed E-state index contributed by atoms with van der Waals surface area (Å²) >= 11 is 0. The summed E-state index contributed by atoms with van der Waals surface area (Å²) in [5.74, 6) is -0.0624. The number of hydrogen-bond acceptors (Lipinski definition) is 6. The SMILES string of the molecule is CCCCCCCCCCCCCCCCCC(=O)O[C@@H](COC(=O)CCCCCCC)COC(=O)CCCCCCCCCCCC(C)C. The quantitative estimate of drug-likeness (QED) is 0.0359. The van der Waals surface area contributed by atoms with E-state index in [-0.39, 0.29) is 31.1 Å². The molecule has 6 nitrogen and oxygen atoms in total. The normalized spacial score (nSPS) is 11.9. The van der Waals surface area contributed by atoms with Crippen molar-refractivity contribution < 1.29 is 28.6 Å². The van der Waals surface area contributed by atoms with Crippen LogP contribution >= 0.6 is 0 Å². The van der Waals surface area contributed by atoms with Crippen molar-refractivity contribution in [2.75, 3.05) is 13.2 Å². The van der Waals surface area contributed by atoms with Gasteiger partial charge in [0.05, 0.1) is 0 Å². The van der Waals surface area contributed by atoms with Crippen molar-refractivity contribution >= 4 is 17.9 Å². The van der Waals surface area contributed by atoms with Crippen LogP contribution in [0.3, 0.4) is 0 Å². The van der Waals surface area contributed by atoms with Crippen LogP contribution in [-0.2, 0) is 28.6 Å². The molecule has 0 heterocycles. The Balaban J connectivity index is 4.20. The molecule has 1 atom stereocenters. The minimum absolute atomic E-state index is 0.0655. The molecule has 0 aliphatic rings. The Labute approximate surface area is 310 Å². The lowest BCUT2D eigenvalue weighted by atomic mass is 10.0. The van der Waals surface area contributed by atoms with E-state index in [1.165, 1.54) is 128 Å². The molecule has 0 amide bonds. The second-order valence-electron chi connectivity index (χ2n) is 15.5. The van der Waals surface area contributed by atoms with Crippen LogP contribution in [0.25, 0.3) is 0 Å². The van der Waals surface area contributed by atoms with Gasteiger partial charge in [0.25, 0.3) is 0 Å². The van der Waals surface area contributed by atoms with Crippen molar-refractivity contribution in [3.8, 4) is 0 Å². The average Bonchev–Trinajstić information content (AvgIpc) is 3.09.